The lowest BCUT2D eigenvalue weighted by molar-refractivity contribution is -0.385. The Morgan fingerprint density at radius 3 is 2.88 bits per heavy atom. The fraction of sp³-hybridized carbons (Fsp3) is 0.455. The number of nitro benzene ring substituents is 1. The lowest BCUT2D eigenvalue weighted by Gasteiger charge is -2.13. The molecule has 0 aliphatic carbocycles. The summed E-state index contributed by atoms with van der Waals surface area (Å²) >= 11 is 3.23. The number of nitrogens with zero attached hydrogens (tertiary/aromatic N) is 1. The average Bonchev–Trinajstić information content (AvgIpc) is 2.27. The minimum atomic E-state index is -0.412. The number of ether oxygens (including phenoxy) is 1. The third-order valence-electron chi connectivity index (χ3n) is 2.27. The van der Waals surface area contributed by atoms with Gasteiger partial charge in [-0.25, -0.2) is 0 Å². The molecule has 94 valence electrons. The summed E-state index contributed by atoms with van der Waals surface area (Å²) < 4.78 is 6.06. The van der Waals surface area contributed by atoms with Gasteiger partial charge in [-0.2, -0.15) is 0 Å². The zero-order valence-electron chi connectivity index (χ0n) is 9.77. The van der Waals surface area contributed by atoms with E-state index in [9.17, 15) is 10.1 Å². The van der Waals surface area contributed by atoms with E-state index in [4.69, 9.17) is 4.74 Å². The van der Waals surface area contributed by atoms with E-state index in [0.29, 0.717) is 11.1 Å². The molecule has 0 spiro atoms. The van der Waals surface area contributed by atoms with Crippen LogP contribution in [-0.2, 0) is 11.3 Å². The molecule has 1 rings (SSSR count). The molecule has 0 amide bonds. The lowest BCUT2D eigenvalue weighted by Crippen LogP contribution is -2.23. The molecule has 1 aromatic carbocycles. The van der Waals surface area contributed by atoms with Crippen LogP contribution in [0.25, 0.3) is 0 Å². The molecule has 1 unspecified atom stereocenters. The highest BCUT2D eigenvalue weighted by Gasteiger charge is 2.15. The minimum absolute atomic E-state index is 0.0613. The van der Waals surface area contributed by atoms with Crippen LogP contribution in [0.5, 0.6) is 0 Å². The minimum Gasteiger partial charge on any atom is -0.372 e. The van der Waals surface area contributed by atoms with E-state index >= 15 is 0 Å². The highest BCUT2D eigenvalue weighted by Crippen LogP contribution is 2.28. The maximum Gasteiger partial charge on any atom is 0.283 e. The molecule has 5 nitrogen and oxygen atoms in total. The van der Waals surface area contributed by atoms with Crippen LogP contribution in [0.3, 0.4) is 0 Å². The smallest absolute Gasteiger partial charge is 0.283 e. The highest BCUT2D eigenvalue weighted by molar-refractivity contribution is 9.10. The summed E-state index contributed by atoms with van der Waals surface area (Å²) in [7, 11) is 1.85. The van der Waals surface area contributed by atoms with Crippen molar-refractivity contribution in [2.24, 2.45) is 0 Å². The average molecular weight is 303 g/mol. The molecule has 0 aromatic heterocycles. The van der Waals surface area contributed by atoms with Gasteiger partial charge in [0.15, 0.2) is 0 Å². The van der Waals surface area contributed by atoms with Crippen molar-refractivity contribution in [2.45, 2.75) is 19.6 Å². The van der Waals surface area contributed by atoms with Crippen LogP contribution in [0.1, 0.15) is 12.5 Å². The quantitative estimate of drug-likeness (QED) is 0.648. The SMILES string of the molecule is CNCC(C)OCc1cccc([N+](=O)[O-])c1Br. The third kappa shape index (κ3) is 4.07. The Morgan fingerprint density at radius 2 is 2.29 bits per heavy atom. The molecule has 17 heavy (non-hydrogen) atoms. The van der Waals surface area contributed by atoms with Gasteiger partial charge in [0.2, 0.25) is 0 Å². The molecule has 0 radical (unpaired) electrons. The van der Waals surface area contributed by atoms with Crippen molar-refractivity contribution >= 4 is 21.6 Å². The van der Waals surface area contributed by atoms with Crippen LogP contribution in [0.4, 0.5) is 5.69 Å². The van der Waals surface area contributed by atoms with Crippen molar-refractivity contribution in [1.82, 2.24) is 5.32 Å². The predicted molar refractivity (Wildman–Crippen MR) is 69.0 cm³/mol. The Labute approximate surface area is 108 Å². The van der Waals surface area contributed by atoms with Crippen molar-refractivity contribution < 1.29 is 9.66 Å². The highest BCUT2D eigenvalue weighted by atomic mass is 79.9. The van der Waals surface area contributed by atoms with E-state index in [1.807, 2.05) is 20.0 Å². The topological polar surface area (TPSA) is 64.4 Å². The lowest BCUT2D eigenvalue weighted by atomic mass is 10.2. The summed E-state index contributed by atoms with van der Waals surface area (Å²) in [5.74, 6) is 0. The summed E-state index contributed by atoms with van der Waals surface area (Å²) in [5.41, 5.74) is 0.842. The molecule has 1 aromatic rings. The van der Waals surface area contributed by atoms with Gasteiger partial charge in [-0.1, -0.05) is 12.1 Å². The van der Waals surface area contributed by atoms with Gasteiger partial charge in [-0.15, -0.1) is 0 Å². The predicted octanol–water partition coefficient (Wildman–Crippen LogP) is 2.48. The second-order valence-electron chi connectivity index (χ2n) is 3.69. The van der Waals surface area contributed by atoms with Crippen molar-refractivity contribution in [3.05, 3.63) is 38.3 Å². The number of hydrogen-bond acceptors (Lipinski definition) is 4. The van der Waals surface area contributed by atoms with E-state index in [-0.39, 0.29) is 11.8 Å². The normalized spacial score (nSPS) is 12.4. The summed E-state index contributed by atoms with van der Waals surface area (Å²) in [5, 5.41) is 13.7. The van der Waals surface area contributed by atoms with Gasteiger partial charge in [-0.05, 0) is 35.5 Å². The first-order valence-corrected chi connectivity index (χ1v) is 6.03. The fourth-order valence-electron chi connectivity index (χ4n) is 1.40. The van der Waals surface area contributed by atoms with Crippen molar-refractivity contribution in [2.75, 3.05) is 13.6 Å². The summed E-state index contributed by atoms with van der Waals surface area (Å²) in [4.78, 5) is 10.3. The summed E-state index contributed by atoms with van der Waals surface area (Å²) in [6, 6.07) is 4.93. The Kier molecular flexibility index (Phi) is 5.54. The Balaban J connectivity index is 2.72. The maximum atomic E-state index is 10.7. The van der Waals surface area contributed by atoms with Crippen molar-refractivity contribution in [1.29, 1.82) is 0 Å². The van der Waals surface area contributed by atoms with Crippen LogP contribution in [0, 0.1) is 10.1 Å². The number of halogens is 1. The van der Waals surface area contributed by atoms with Gasteiger partial charge < -0.3 is 10.1 Å². The molecule has 0 fully saturated rings. The molecular formula is C11H15BrN2O3. The molecule has 6 heteroatoms. The van der Waals surface area contributed by atoms with E-state index in [0.717, 1.165) is 12.1 Å². The van der Waals surface area contributed by atoms with Gasteiger partial charge in [-0.3, -0.25) is 10.1 Å². The number of benzene rings is 1. The second-order valence-corrected chi connectivity index (χ2v) is 4.48. The number of likely N-dealkylation sites (N-methyl/N-ethyl adjacent to an activating group) is 1. The molecule has 0 heterocycles. The maximum absolute atomic E-state index is 10.7. The Bertz CT molecular complexity index is 398. The first-order valence-electron chi connectivity index (χ1n) is 5.24. The number of hydrogen-bond donors (Lipinski definition) is 1. The van der Waals surface area contributed by atoms with Crippen LogP contribution < -0.4 is 5.32 Å². The van der Waals surface area contributed by atoms with Gasteiger partial charge in [0.25, 0.3) is 5.69 Å². The van der Waals surface area contributed by atoms with Crippen molar-refractivity contribution in [3.63, 3.8) is 0 Å². The van der Waals surface area contributed by atoms with Gasteiger partial charge in [0.1, 0.15) is 4.47 Å². The summed E-state index contributed by atoms with van der Waals surface area (Å²) in [6.07, 6.45) is 0.0613. The molecule has 1 atom stereocenters. The molecule has 0 saturated carbocycles. The van der Waals surface area contributed by atoms with Crippen LogP contribution in [-0.4, -0.2) is 24.6 Å². The molecular weight excluding hydrogens is 288 g/mol. The van der Waals surface area contributed by atoms with E-state index < -0.39 is 4.92 Å². The largest absolute Gasteiger partial charge is 0.372 e. The second kappa shape index (κ2) is 6.68. The zero-order chi connectivity index (χ0) is 12.8. The van der Waals surface area contributed by atoms with Crippen LogP contribution in [0.2, 0.25) is 0 Å². The molecule has 1 N–H and O–H groups in total. The van der Waals surface area contributed by atoms with Crippen molar-refractivity contribution in [3.8, 4) is 0 Å². The monoisotopic (exact) mass is 302 g/mol. The Hall–Kier alpha value is -0.980. The molecule has 0 bridgehead atoms. The third-order valence-corrected chi connectivity index (χ3v) is 3.19. The Morgan fingerprint density at radius 1 is 1.59 bits per heavy atom. The standard InChI is InChI=1S/C11H15BrN2O3/c1-8(6-13-2)17-7-9-4-3-5-10(11(9)12)14(15)16/h3-5,8,13H,6-7H2,1-2H3. The van der Waals surface area contributed by atoms with E-state index in [1.54, 1.807) is 6.07 Å². The number of rotatable bonds is 6. The molecule has 0 aliphatic heterocycles. The van der Waals surface area contributed by atoms with E-state index in [1.165, 1.54) is 6.07 Å². The van der Waals surface area contributed by atoms with Gasteiger partial charge in [0.05, 0.1) is 17.6 Å². The van der Waals surface area contributed by atoms with Crippen LogP contribution >= 0.6 is 15.9 Å². The first kappa shape index (κ1) is 14.1. The number of nitrogens with one attached hydrogen (secondary N) is 1. The summed E-state index contributed by atoms with van der Waals surface area (Å²) in [6.45, 7) is 3.04. The van der Waals surface area contributed by atoms with Gasteiger partial charge in [0, 0.05) is 12.6 Å². The zero-order valence-corrected chi connectivity index (χ0v) is 11.4. The van der Waals surface area contributed by atoms with E-state index in [2.05, 4.69) is 21.2 Å². The molecule has 0 saturated heterocycles. The van der Waals surface area contributed by atoms with Crippen LogP contribution in [0.15, 0.2) is 22.7 Å². The number of nitro groups is 1. The fourth-order valence-corrected chi connectivity index (χ4v) is 1.92. The van der Waals surface area contributed by atoms with Gasteiger partial charge >= 0.3 is 0 Å². The molecule has 0 aliphatic rings. The first-order chi connectivity index (χ1) is 8.06.